The first kappa shape index (κ1) is 18.2. The molecule has 1 aliphatic heterocycles. The van der Waals surface area contributed by atoms with Crippen LogP contribution in [0.15, 0.2) is 0 Å². The molecule has 0 spiro atoms. The molecule has 0 aromatic carbocycles. The highest BCUT2D eigenvalue weighted by Gasteiger charge is 2.45. The topological polar surface area (TPSA) is 40.6 Å². The van der Waals surface area contributed by atoms with Crippen LogP contribution in [-0.4, -0.2) is 55.1 Å². The van der Waals surface area contributed by atoms with E-state index >= 15 is 0 Å². The van der Waals surface area contributed by atoms with E-state index in [1.807, 2.05) is 0 Å². The molecule has 6 heteroatoms. The summed E-state index contributed by atoms with van der Waals surface area (Å²) in [6.07, 6.45) is 3.03. The van der Waals surface area contributed by atoms with Gasteiger partial charge in [-0.1, -0.05) is 0 Å². The second-order valence-corrected chi connectivity index (χ2v) is 8.57. The fraction of sp³-hybridized carbons (Fsp3) is 1.00. The molecule has 1 rings (SSSR count). The number of piperidine rings is 1. The van der Waals surface area contributed by atoms with E-state index in [9.17, 15) is 8.42 Å². The van der Waals surface area contributed by atoms with E-state index in [4.69, 9.17) is 0 Å². The highest BCUT2D eigenvalue weighted by Crippen LogP contribution is 2.38. The van der Waals surface area contributed by atoms with E-state index in [1.54, 1.807) is 7.05 Å². The fourth-order valence-corrected chi connectivity index (χ4v) is 3.54. The van der Waals surface area contributed by atoms with Gasteiger partial charge in [-0.3, -0.25) is 4.90 Å². The molecule has 18 heavy (non-hydrogen) atoms. The maximum atomic E-state index is 11.6. The van der Waals surface area contributed by atoms with E-state index in [1.165, 1.54) is 10.6 Å². The maximum absolute atomic E-state index is 11.6. The van der Waals surface area contributed by atoms with Crippen molar-refractivity contribution in [3.63, 3.8) is 0 Å². The molecule has 1 heterocycles. The number of rotatable bonds is 2. The summed E-state index contributed by atoms with van der Waals surface area (Å²) >= 11 is 0. The first-order valence-electron chi connectivity index (χ1n) is 6.05. The van der Waals surface area contributed by atoms with E-state index in [-0.39, 0.29) is 29.5 Å². The van der Waals surface area contributed by atoms with Gasteiger partial charge >= 0.3 is 0 Å². The summed E-state index contributed by atoms with van der Waals surface area (Å²) in [5, 5.41) is 0. The van der Waals surface area contributed by atoms with Crippen molar-refractivity contribution in [1.82, 2.24) is 9.21 Å². The van der Waals surface area contributed by atoms with Gasteiger partial charge in [0.2, 0.25) is 10.0 Å². The number of nitrogens with zero attached hydrogens (tertiary/aromatic N) is 2. The van der Waals surface area contributed by atoms with Crippen LogP contribution in [0.3, 0.4) is 0 Å². The summed E-state index contributed by atoms with van der Waals surface area (Å²) in [6, 6.07) is 0.0891. The number of hydrogen-bond donors (Lipinski definition) is 0. The Kier molecular flexibility index (Phi) is 5.32. The fourth-order valence-electron chi connectivity index (χ4n) is 2.85. The molecule has 0 N–H and O–H groups in total. The molecule has 0 atom stereocenters. The minimum absolute atomic E-state index is 0. The Morgan fingerprint density at radius 3 is 1.72 bits per heavy atom. The average molecular weight is 299 g/mol. The molecule has 0 saturated carbocycles. The van der Waals surface area contributed by atoms with Crippen LogP contribution in [0, 0.1) is 0 Å². The molecule has 0 aliphatic carbocycles. The lowest BCUT2D eigenvalue weighted by molar-refractivity contribution is -0.0292. The van der Waals surface area contributed by atoms with Gasteiger partial charge in [0.1, 0.15) is 0 Å². The second-order valence-electron chi connectivity index (χ2n) is 6.53. The summed E-state index contributed by atoms with van der Waals surface area (Å²) in [6.45, 7) is 8.71. The molecule has 4 nitrogen and oxygen atoms in total. The van der Waals surface area contributed by atoms with E-state index in [0.717, 1.165) is 12.8 Å². The summed E-state index contributed by atoms with van der Waals surface area (Å²) in [5.41, 5.74) is 0.0384. The van der Waals surface area contributed by atoms with Gasteiger partial charge in [0.25, 0.3) is 0 Å². The van der Waals surface area contributed by atoms with Crippen LogP contribution >= 0.6 is 12.4 Å². The largest absolute Gasteiger partial charge is 0.296 e. The van der Waals surface area contributed by atoms with Gasteiger partial charge < -0.3 is 0 Å². The minimum atomic E-state index is -3.11. The van der Waals surface area contributed by atoms with Crippen LogP contribution in [0.5, 0.6) is 0 Å². The SMILES string of the molecule is CN1C(C)(C)CC(N(C)S(C)(=O)=O)CC1(C)C.Cl. The third-order valence-corrected chi connectivity index (χ3v) is 5.67. The Bertz CT molecular complexity index is 375. The second kappa shape index (κ2) is 5.27. The van der Waals surface area contributed by atoms with Crippen molar-refractivity contribution in [2.45, 2.75) is 57.7 Å². The smallest absolute Gasteiger partial charge is 0.211 e. The van der Waals surface area contributed by atoms with Crippen LogP contribution in [0.1, 0.15) is 40.5 Å². The summed E-state index contributed by atoms with van der Waals surface area (Å²) in [5.74, 6) is 0. The van der Waals surface area contributed by atoms with Crippen molar-refractivity contribution in [2.24, 2.45) is 0 Å². The van der Waals surface area contributed by atoms with Crippen LogP contribution < -0.4 is 0 Å². The van der Waals surface area contributed by atoms with Crippen molar-refractivity contribution >= 4 is 22.4 Å². The lowest BCUT2D eigenvalue weighted by Crippen LogP contribution is -2.62. The monoisotopic (exact) mass is 298 g/mol. The van der Waals surface area contributed by atoms with Gasteiger partial charge in [-0.15, -0.1) is 12.4 Å². The Morgan fingerprint density at radius 2 is 1.44 bits per heavy atom. The Labute approximate surface area is 118 Å². The van der Waals surface area contributed by atoms with Crippen molar-refractivity contribution in [1.29, 1.82) is 0 Å². The summed E-state index contributed by atoms with van der Waals surface area (Å²) < 4.78 is 24.8. The number of halogens is 1. The van der Waals surface area contributed by atoms with E-state index in [2.05, 4.69) is 39.6 Å². The standard InChI is InChI=1S/C12H26N2O2S.ClH/c1-11(2)8-10(13(5)17(7,15)16)9-12(3,4)14(11)6;/h10H,8-9H2,1-7H3;1H. The van der Waals surface area contributed by atoms with Gasteiger partial charge in [-0.2, -0.15) is 0 Å². The molecule has 0 radical (unpaired) electrons. The van der Waals surface area contributed by atoms with Crippen LogP contribution in [0.2, 0.25) is 0 Å². The molecule has 0 amide bonds. The molecule has 110 valence electrons. The van der Waals surface area contributed by atoms with Gasteiger partial charge in [0.05, 0.1) is 6.26 Å². The Morgan fingerprint density at radius 1 is 1.11 bits per heavy atom. The molecule has 1 saturated heterocycles. The predicted octanol–water partition coefficient (Wildman–Crippen LogP) is 1.95. The van der Waals surface area contributed by atoms with Gasteiger partial charge in [0, 0.05) is 24.2 Å². The molecular weight excluding hydrogens is 272 g/mol. The lowest BCUT2D eigenvalue weighted by Gasteiger charge is -2.54. The van der Waals surface area contributed by atoms with E-state index in [0.29, 0.717) is 0 Å². The minimum Gasteiger partial charge on any atom is -0.296 e. The third kappa shape index (κ3) is 3.59. The predicted molar refractivity (Wildman–Crippen MR) is 78.8 cm³/mol. The molecule has 0 aromatic heterocycles. The first-order valence-corrected chi connectivity index (χ1v) is 7.90. The molecule has 1 aliphatic rings. The Balaban J connectivity index is 0.00000289. The molecular formula is C12H27ClN2O2S. The normalized spacial score (nSPS) is 24.9. The number of sulfonamides is 1. The quantitative estimate of drug-likeness (QED) is 0.782. The van der Waals surface area contributed by atoms with Gasteiger partial charge in [-0.05, 0) is 47.6 Å². The first-order chi connectivity index (χ1) is 7.38. The molecule has 0 bridgehead atoms. The zero-order chi connectivity index (χ0) is 13.6. The number of likely N-dealkylation sites (tertiary alicyclic amines) is 1. The van der Waals surface area contributed by atoms with Crippen LogP contribution in [-0.2, 0) is 10.0 Å². The third-order valence-electron chi connectivity index (χ3n) is 4.32. The summed E-state index contributed by atoms with van der Waals surface area (Å²) in [4.78, 5) is 2.35. The number of hydrogen-bond acceptors (Lipinski definition) is 3. The van der Waals surface area contributed by atoms with Gasteiger partial charge in [0.15, 0.2) is 0 Å². The van der Waals surface area contributed by atoms with Crippen LogP contribution in [0.25, 0.3) is 0 Å². The van der Waals surface area contributed by atoms with E-state index < -0.39 is 10.0 Å². The zero-order valence-electron chi connectivity index (χ0n) is 12.5. The molecule has 0 aromatic rings. The van der Waals surface area contributed by atoms with Crippen molar-refractivity contribution in [3.8, 4) is 0 Å². The van der Waals surface area contributed by atoms with Crippen LogP contribution in [0.4, 0.5) is 0 Å². The zero-order valence-corrected chi connectivity index (χ0v) is 14.2. The summed E-state index contributed by atoms with van der Waals surface area (Å²) in [7, 11) is 0.708. The van der Waals surface area contributed by atoms with Crippen molar-refractivity contribution in [3.05, 3.63) is 0 Å². The molecule has 0 unspecified atom stereocenters. The highest BCUT2D eigenvalue weighted by atomic mass is 35.5. The molecule has 1 fully saturated rings. The maximum Gasteiger partial charge on any atom is 0.211 e. The Hall–Kier alpha value is 0.160. The van der Waals surface area contributed by atoms with Crippen molar-refractivity contribution < 1.29 is 8.42 Å². The average Bonchev–Trinajstić information content (AvgIpc) is 2.10. The highest BCUT2D eigenvalue weighted by molar-refractivity contribution is 7.88. The lowest BCUT2D eigenvalue weighted by atomic mass is 9.77. The van der Waals surface area contributed by atoms with Gasteiger partial charge in [-0.25, -0.2) is 12.7 Å². The van der Waals surface area contributed by atoms with Crippen molar-refractivity contribution in [2.75, 3.05) is 20.4 Å².